The second-order valence-electron chi connectivity index (χ2n) is 6.25. The molecule has 0 aliphatic carbocycles. The Hall–Kier alpha value is -2.47. The molecule has 2 aromatic heterocycles. The van der Waals surface area contributed by atoms with Crippen LogP contribution in [0.4, 0.5) is 4.79 Å². The Bertz CT molecular complexity index is 685. The number of carbonyl (C=O) groups excluding carboxylic acids is 1. The number of rotatable bonds is 5. The number of urea groups is 1. The number of hydrogen-bond donors (Lipinski definition) is 1. The Morgan fingerprint density at radius 2 is 2.00 bits per heavy atom. The summed E-state index contributed by atoms with van der Waals surface area (Å²) in [6, 6.07) is 11.6. The van der Waals surface area contributed by atoms with Crippen LogP contribution in [-0.2, 0) is 17.9 Å². The summed E-state index contributed by atoms with van der Waals surface area (Å²) in [5.74, 6) is 0. The van der Waals surface area contributed by atoms with E-state index in [1.807, 2.05) is 48.2 Å². The molecular formula is C19H24N4O2. The van der Waals surface area contributed by atoms with Crippen LogP contribution in [0.2, 0.25) is 0 Å². The van der Waals surface area contributed by atoms with Crippen LogP contribution in [-0.4, -0.2) is 40.1 Å². The summed E-state index contributed by atoms with van der Waals surface area (Å²) in [5.41, 5.74) is 2.77. The van der Waals surface area contributed by atoms with Crippen LogP contribution in [0.5, 0.6) is 0 Å². The molecular weight excluding hydrogens is 316 g/mol. The highest BCUT2D eigenvalue weighted by molar-refractivity contribution is 5.74. The van der Waals surface area contributed by atoms with Gasteiger partial charge >= 0.3 is 6.03 Å². The Kier molecular flexibility index (Phi) is 5.95. The topological polar surface area (TPSA) is 67.4 Å². The van der Waals surface area contributed by atoms with Crippen molar-refractivity contribution in [3.8, 4) is 0 Å². The summed E-state index contributed by atoms with van der Waals surface area (Å²) in [6.07, 6.45) is 3.66. The Morgan fingerprint density at radius 3 is 2.72 bits per heavy atom. The minimum Gasteiger partial charge on any atom is -0.372 e. The quantitative estimate of drug-likeness (QED) is 0.909. The first-order chi connectivity index (χ1) is 12.2. The largest absolute Gasteiger partial charge is 0.372 e. The van der Waals surface area contributed by atoms with E-state index in [0.29, 0.717) is 26.2 Å². The lowest BCUT2D eigenvalue weighted by atomic mass is 10.1. The molecule has 1 fully saturated rings. The second-order valence-corrected chi connectivity index (χ2v) is 6.25. The van der Waals surface area contributed by atoms with Crippen molar-refractivity contribution in [2.45, 2.75) is 39.0 Å². The smallest absolute Gasteiger partial charge is 0.317 e. The van der Waals surface area contributed by atoms with E-state index in [1.54, 1.807) is 6.20 Å². The lowest BCUT2D eigenvalue weighted by molar-refractivity contribution is 0.00305. The highest BCUT2D eigenvalue weighted by Gasteiger charge is 2.23. The van der Waals surface area contributed by atoms with Crippen molar-refractivity contribution in [2.75, 3.05) is 13.1 Å². The first-order valence-corrected chi connectivity index (χ1v) is 8.67. The Balaban J connectivity index is 1.38. The van der Waals surface area contributed by atoms with Gasteiger partial charge in [0.15, 0.2) is 0 Å². The molecule has 1 saturated heterocycles. The van der Waals surface area contributed by atoms with Crippen LogP contribution in [0.1, 0.15) is 29.9 Å². The molecule has 1 aliphatic heterocycles. The molecule has 3 rings (SSSR count). The zero-order valence-electron chi connectivity index (χ0n) is 14.5. The maximum Gasteiger partial charge on any atom is 0.317 e. The minimum absolute atomic E-state index is 0.0357. The van der Waals surface area contributed by atoms with Gasteiger partial charge in [-0.2, -0.15) is 0 Å². The van der Waals surface area contributed by atoms with Crippen molar-refractivity contribution in [1.29, 1.82) is 0 Å². The predicted octanol–water partition coefficient (Wildman–Crippen LogP) is 2.68. The van der Waals surface area contributed by atoms with Crippen molar-refractivity contribution in [3.05, 3.63) is 59.7 Å². The SMILES string of the molecule is Cc1cccc(CNC(=O)N2CCC(OCc3ccccn3)CC2)n1. The third kappa shape index (κ3) is 5.26. The first kappa shape index (κ1) is 17.4. The van der Waals surface area contributed by atoms with Crippen LogP contribution >= 0.6 is 0 Å². The maximum atomic E-state index is 12.3. The number of hydrogen-bond acceptors (Lipinski definition) is 4. The fourth-order valence-electron chi connectivity index (χ4n) is 2.89. The second kappa shape index (κ2) is 8.58. The van der Waals surface area contributed by atoms with Gasteiger partial charge in [-0.1, -0.05) is 12.1 Å². The van der Waals surface area contributed by atoms with E-state index in [9.17, 15) is 4.79 Å². The Labute approximate surface area is 148 Å². The molecule has 0 radical (unpaired) electrons. The molecule has 3 heterocycles. The summed E-state index contributed by atoms with van der Waals surface area (Å²) < 4.78 is 5.91. The first-order valence-electron chi connectivity index (χ1n) is 8.67. The normalized spacial score (nSPS) is 15.2. The molecule has 25 heavy (non-hydrogen) atoms. The van der Waals surface area contributed by atoms with E-state index in [1.165, 1.54) is 0 Å². The van der Waals surface area contributed by atoms with Crippen molar-refractivity contribution < 1.29 is 9.53 Å². The number of aromatic nitrogens is 2. The monoisotopic (exact) mass is 340 g/mol. The van der Waals surface area contributed by atoms with Crippen molar-refractivity contribution in [2.24, 2.45) is 0 Å². The van der Waals surface area contributed by atoms with Gasteiger partial charge in [0.2, 0.25) is 0 Å². The number of carbonyl (C=O) groups is 1. The zero-order valence-corrected chi connectivity index (χ0v) is 14.5. The highest BCUT2D eigenvalue weighted by atomic mass is 16.5. The van der Waals surface area contributed by atoms with E-state index in [0.717, 1.165) is 29.9 Å². The third-order valence-electron chi connectivity index (χ3n) is 4.29. The molecule has 0 spiro atoms. The van der Waals surface area contributed by atoms with Gasteiger partial charge < -0.3 is 15.0 Å². The molecule has 2 aromatic rings. The molecule has 0 aromatic carbocycles. The van der Waals surface area contributed by atoms with Crippen LogP contribution in [0, 0.1) is 6.92 Å². The molecule has 1 N–H and O–H groups in total. The molecule has 0 saturated carbocycles. The van der Waals surface area contributed by atoms with Crippen LogP contribution in [0.3, 0.4) is 0 Å². The number of amides is 2. The molecule has 132 valence electrons. The average molecular weight is 340 g/mol. The number of aryl methyl sites for hydroxylation is 1. The number of likely N-dealkylation sites (tertiary alicyclic amines) is 1. The summed E-state index contributed by atoms with van der Waals surface area (Å²) in [7, 11) is 0. The lowest BCUT2D eigenvalue weighted by Gasteiger charge is -2.31. The van der Waals surface area contributed by atoms with Gasteiger partial charge in [0.05, 0.1) is 30.6 Å². The van der Waals surface area contributed by atoms with Crippen molar-refractivity contribution in [1.82, 2.24) is 20.2 Å². The Morgan fingerprint density at radius 1 is 1.20 bits per heavy atom. The van der Waals surface area contributed by atoms with E-state index in [4.69, 9.17) is 4.74 Å². The molecule has 0 atom stereocenters. The standard InChI is InChI=1S/C19H24N4O2/c1-15-5-4-7-16(22-15)13-21-19(24)23-11-8-18(9-12-23)25-14-17-6-2-3-10-20-17/h2-7,10,18H,8-9,11-14H2,1H3,(H,21,24). The van der Waals surface area contributed by atoms with Gasteiger partial charge in [-0.05, 0) is 44.0 Å². The number of nitrogens with one attached hydrogen (secondary N) is 1. The van der Waals surface area contributed by atoms with Gasteiger partial charge in [-0.25, -0.2) is 4.79 Å². The molecule has 0 bridgehead atoms. The number of nitrogens with zero attached hydrogens (tertiary/aromatic N) is 3. The fourth-order valence-corrected chi connectivity index (χ4v) is 2.89. The van der Waals surface area contributed by atoms with Gasteiger partial charge in [0.25, 0.3) is 0 Å². The lowest BCUT2D eigenvalue weighted by Crippen LogP contribution is -2.45. The maximum absolute atomic E-state index is 12.3. The van der Waals surface area contributed by atoms with Crippen molar-refractivity contribution in [3.63, 3.8) is 0 Å². The summed E-state index contributed by atoms with van der Waals surface area (Å²) in [6.45, 7) is 4.34. The third-order valence-corrected chi connectivity index (χ3v) is 4.29. The predicted molar refractivity (Wildman–Crippen MR) is 94.8 cm³/mol. The number of ether oxygens (including phenoxy) is 1. The van der Waals surface area contributed by atoms with E-state index in [2.05, 4.69) is 15.3 Å². The zero-order chi connectivity index (χ0) is 17.5. The average Bonchev–Trinajstić information content (AvgIpc) is 2.66. The van der Waals surface area contributed by atoms with E-state index >= 15 is 0 Å². The van der Waals surface area contributed by atoms with E-state index < -0.39 is 0 Å². The number of piperidine rings is 1. The van der Waals surface area contributed by atoms with Crippen molar-refractivity contribution >= 4 is 6.03 Å². The van der Waals surface area contributed by atoms with Crippen LogP contribution in [0.25, 0.3) is 0 Å². The van der Waals surface area contributed by atoms with Gasteiger partial charge in [0, 0.05) is 25.0 Å². The molecule has 2 amide bonds. The van der Waals surface area contributed by atoms with Crippen LogP contribution < -0.4 is 5.32 Å². The van der Waals surface area contributed by atoms with Gasteiger partial charge in [-0.15, -0.1) is 0 Å². The number of pyridine rings is 2. The van der Waals surface area contributed by atoms with Crippen LogP contribution in [0.15, 0.2) is 42.6 Å². The molecule has 6 heteroatoms. The minimum atomic E-state index is -0.0357. The fraction of sp³-hybridized carbons (Fsp3) is 0.421. The molecule has 1 aliphatic rings. The summed E-state index contributed by atoms with van der Waals surface area (Å²) >= 11 is 0. The molecule has 0 unspecified atom stereocenters. The summed E-state index contributed by atoms with van der Waals surface area (Å²) in [5, 5.41) is 2.94. The highest BCUT2D eigenvalue weighted by Crippen LogP contribution is 2.15. The summed E-state index contributed by atoms with van der Waals surface area (Å²) in [4.78, 5) is 22.8. The van der Waals surface area contributed by atoms with Gasteiger partial charge in [-0.3, -0.25) is 9.97 Å². The molecule has 6 nitrogen and oxygen atoms in total. The van der Waals surface area contributed by atoms with Gasteiger partial charge in [0.1, 0.15) is 0 Å². The van der Waals surface area contributed by atoms with E-state index in [-0.39, 0.29) is 12.1 Å².